The molecule has 1 aliphatic rings. The second-order valence-corrected chi connectivity index (χ2v) is 6.74. The van der Waals surface area contributed by atoms with E-state index in [0.29, 0.717) is 0 Å². The van der Waals surface area contributed by atoms with E-state index in [2.05, 4.69) is 58.5 Å². The van der Waals surface area contributed by atoms with Crippen molar-refractivity contribution in [1.82, 2.24) is 4.98 Å². The Morgan fingerprint density at radius 2 is 2.20 bits per heavy atom. The normalized spacial score (nSPS) is 16.6. The zero-order valence-electron chi connectivity index (χ0n) is 14.5. The lowest BCUT2D eigenvalue weighted by atomic mass is 9.84. The van der Waals surface area contributed by atoms with Crippen LogP contribution in [0, 0.1) is 0 Å². The Labute approximate surface area is 147 Å². The maximum atomic E-state index is 12.0. The monoisotopic (exact) mass is 335 g/mol. The van der Waals surface area contributed by atoms with Crippen LogP contribution in [0.2, 0.25) is 0 Å². The van der Waals surface area contributed by atoms with Gasteiger partial charge in [0.1, 0.15) is 0 Å². The molecule has 0 amide bonds. The second-order valence-electron chi connectivity index (χ2n) is 6.74. The number of carbonyl (C=O) groups is 1. The molecular weight excluding hydrogens is 312 g/mol. The molecule has 0 bridgehead atoms. The van der Waals surface area contributed by atoms with Crippen molar-refractivity contribution in [3.8, 4) is 0 Å². The molecule has 2 aromatic heterocycles. The number of H-pyrrole nitrogens is 1. The Hall–Kier alpha value is -2.62. The molecule has 0 fully saturated rings. The van der Waals surface area contributed by atoms with Crippen LogP contribution in [-0.4, -0.2) is 18.1 Å². The molecule has 0 radical (unpaired) electrons. The van der Waals surface area contributed by atoms with Crippen LogP contribution in [0.3, 0.4) is 0 Å². The third-order valence-corrected chi connectivity index (χ3v) is 5.25. The molecule has 3 aromatic rings. The molecule has 25 heavy (non-hydrogen) atoms. The highest BCUT2D eigenvalue weighted by molar-refractivity contribution is 5.83. The zero-order valence-corrected chi connectivity index (χ0v) is 14.5. The van der Waals surface area contributed by atoms with E-state index in [1.165, 1.54) is 29.1 Å². The van der Waals surface area contributed by atoms with Crippen LogP contribution in [0.5, 0.6) is 0 Å². The SMILES string of the molecule is COC(=O)C1CCCc2c[n+](CCc3c[nH]c4ccccc34)ccc21. The molecule has 1 N–H and O–H groups in total. The van der Waals surface area contributed by atoms with Gasteiger partial charge in [-0.15, -0.1) is 0 Å². The van der Waals surface area contributed by atoms with Gasteiger partial charge in [0.05, 0.1) is 13.0 Å². The molecule has 1 unspecified atom stereocenters. The van der Waals surface area contributed by atoms with E-state index in [9.17, 15) is 4.79 Å². The molecule has 0 spiro atoms. The van der Waals surface area contributed by atoms with Gasteiger partial charge in [0.2, 0.25) is 0 Å². The molecule has 0 aliphatic heterocycles. The molecule has 1 atom stereocenters. The Morgan fingerprint density at radius 3 is 3.08 bits per heavy atom. The van der Waals surface area contributed by atoms with Gasteiger partial charge >= 0.3 is 5.97 Å². The van der Waals surface area contributed by atoms with Gasteiger partial charge in [-0.3, -0.25) is 4.79 Å². The standard InChI is InChI=1S/C21H23N2O2/c1-25-21(24)19-7-4-5-16-14-23(12-10-17(16)19)11-9-15-13-22-20-8-3-2-6-18(15)20/h2-3,6,8,10,12-14,19,22H,4-5,7,9,11H2,1H3/q+1. The summed E-state index contributed by atoms with van der Waals surface area (Å²) in [7, 11) is 1.47. The average Bonchev–Trinajstić information content (AvgIpc) is 3.08. The van der Waals surface area contributed by atoms with Gasteiger partial charge in [-0.1, -0.05) is 18.2 Å². The highest BCUT2D eigenvalue weighted by Gasteiger charge is 2.28. The minimum Gasteiger partial charge on any atom is -0.469 e. The van der Waals surface area contributed by atoms with Gasteiger partial charge in [-0.2, -0.15) is 0 Å². The first-order chi connectivity index (χ1) is 12.3. The first-order valence-corrected chi connectivity index (χ1v) is 8.91. The number of ether oxygens (including phenoxy) is 1. The number of para-hydroxylation sites is 1. The molecule has 1 aromatic carbocycles. The average molecular weight is 335 g/mol. The number of aromatic amines is 1. The number of carbonyl (C=O) groups excluding carboxylic acids is 1. The van der Waals surface area contributed by atoms with Crippen LogP contribution >= 0.6 is 0 Å². The fourth-order valence-corrected chi connectivity index (χ4v) is 3.92. The molecule has 0 saturated heterocycles. The lowest BCUT2D eigenvalue weighted by Crippen LogP contribution is -2.36. The maximum Gasteiger partial charge on any atom is 0.313 e. The van der Waals surface area contributed by atoms with Crippen molar-refractivity contribution in [2.75, 3.05) is 7.11 Å². The van der Waals surface area contributed by atoms with E-state index >= 15 is 0 Å². The van der Waals surface area contributed by atoms with Crippen molar-refractivity contribution in [3.63, 3.8) is 0 Å². The van der Waals surface area contributed by atoms with E-state index in [1.807, 2.05) is 0 Å². The van der Waals surface area contributed by atoms with Crippen molar-refractivity contribution in [2.24, 2.45) is 0 Å². The van der Waals surface area contributed by atoms with Crippen molar-refractivity contribution in [1.29, 1.82) is 0 Å². The summed E-state index contributed by atoms with van der Waals surface area (Å²) >= 11 is 0. The van der Waals surface area contributed by atoms with Crippen LogP contribution in [0.25, 0.3) is 10.9 Å². The predicted octanol–water partition coefficient (Wildman–Crippen LogP) is 3.29. The minimum atomic E-state index is -0.113. The number of aromatic nitrogens is 2. The lowest BCUT2D eigenvalue weighted by molar-refractivity contribution is -0.696. The van der Waals surface area contributed by atoms with Crippen LogP contribution in [-0.2, 0) is 28.9 Å². The fourth-order valence-electron chi connectivity index (χ4n) is 3.92. The number of pyridine rings is 1. The summed E-state index contributed by atoms with van der Waals surface area (Å²) in [6.45, 7) is 0.929. The zero-order chi connectivity index (χ0) is 17.2. The van der Waals surface area contributed by atoms with Gasteiger partial charge in [0.15, 0.2) is 18.9 Å². The quantitative estimate of drug-likeness (QED) is 0.587. The first kappa shape index (κ1) is 15.9. The van der Waals surface area contributed by atoms with Crippen LogP contribution < -0.4 is 4.57 Å². The van der Waals surface area contributed by atoms with E-state index < -0.39 is 0 Å². The van der Waals surface area contributed by atoms with Crippen molar-refractivity contribution in [3.05, 3.63) is 65.6 Å². The number of aryl methyl sites for hydroxylation is 3. The van der Waals surface area contributed by atoms with Crippen LogP contribution in [0.4, 0.5) is 0 Å². The Bertz CT molecular complexity index is 913. The second kappa shape index (κ2) is 6.71. The number of rotatable bonds is 4. The van der Waals surface area contributed by atoms with E-state index in [4.69, 9.17) is 4.74 Å². The van der Waals surface area contributed by atoms with Gasteiger partial charge in [-0.05, 0) is 36.5 Å². The number of benzene rings is 1. The van der Waals surface area contributed by atoms with E-state index in [-0.39, 0.29) is 11.9 Å². The highest BCUT2D eigenvalue weighted by Crippen LogP contribution is 2.31. The molecule has 128 valence electrons. The number of hydrogen-bond donors (Lipinski definition) is 1. The summed E-state index contributed by atoms with van der Waals surface area (Å²) < 4.78 is 7.20. The molecule has 4 heteroatoms. The van der Waals surface area contributed by atoms with Crippen molar-refractivity contribution >= 4 is 16.9 Å². The smallest absolute Gasteiger partial charge is 0.313 e. The minimum absolute atomic E-state index is 0.1000. The number of esters is 1. The number of fused-ring (bicyclic) bond motifs is 2. The number of hydrogen-bond acceptors (Lipinski definition) is 2. The number of nitrogens with one attached hydrogen (secondary N) is 1. The third-order valence-electron chi connectivity index (χ3n) is 5.25. The van der Waals surface area contributed by atoms with Gasteiger partial charge in [-0.25, -0.2) is 4.57 Å². The van der Waals surface area contributed by atoms with E-state index in [1.54, 1.807) is 0 Å². The van der Waals surface area contributed by atoms with Gasteiger partial charge < -0.3 is 9.72 Å². The first-order valence-electron chi connectivity index (χ1n) is 8.91. The molecule has 2 heterocycles. The maximum absolute atomic E-state index is 12.0. The van der Waals surface area contributed by atoms with Crippen molar-refractivity contribution < 1.29 is 14.1 Å². The molecule has 1 aliphatic carbocycles. The topological polar surface area (TPSA) is 46.0 Å². The summed E-state index contributed by atoms with van der Waals surface area (Å²) in [5.74, 6) is -0.213. The van der Waals surface area contributed by atoms with Gasteiger partial charge in [0.25, 0.3) is 0 Å². The summed E-state index contributed by atoms with van der Waals surface area (Å²) in [5.41, 5.74) is 4.95. The Morgan fingerprint density at radius 1 is 1.32 bits per heavy atom. The number of methoxy groups -OCH3 is 1. The van der Waals surface area contributed by atoms with Crippen LogP contribution in [0.1, 0.15) is 35.4 Å². The molecule has 0 saturated carbocycles. The number of nitrogens with zero attached hydrogens (tertiary/aromatic N) is 1. The fraction of sp³-hybridized carbons (Fsp3) is 0.333. The third kappa shape index (κ3) is 3.04. The highest BCUT2D eigenvalue weighted by atomic mass is 16.5. The summed E-state index contributed by atoms with van der Waals surface area (Å²) in [4.78, 5) is 15.3. The molecule has 4 nitrogen and oxygen atoms in total. The van der Waals surface area contributed by atoms with Crippen molar-refractivity contribution in [2.45, 2.75) is 38.1 Å². The lowest BCUT2D eigenvalue weighted by Gasteiger charge is -2.22. The molecular formula is C21H23N2O2+. The Balaban J connectivity index is 1.53. The summed E-state index contributed by atoms with van der Waals surface area (Å²) in [6.07, 6.45) is 10.4. The van der Waals surface area contributed by atoms with E-state index in [0.717, 1.165) is 37.8 Å². The summed E-state index contributed by atoms with van der Waals surface area (Å²) in [5, 5.41) is 1.30. The van der Waals surface area contributed by atoms with Gasteiger partial charge in [0, 0.05) is 35.2 Å². The Kier molecular flexibility index (Phi) is 4.26. The summed E-state index contributed by atoms with van der Waals surface area (Å²) in [6, 6.07) is 10.5. The predicted molar refractivity (Wildman–Crippen MR) is 96.3 cm³/mol. The largest absolute Gasteiger partial charge is 0.469 e. The van der Waals surface area contributed by atoms with Crippen LogP contribution in [0.15, 0.2) is 48.9 Å². The molecule has 4 rings (SSSR count).